The number of hydrogen-bond donors (Lipinski definition) is 1. The molecule has 1 unspecified atom stereocenters. The first-order valence-electron chi connectivity index (χ1n) is 8.85. The number of amides is 2. The van der Waals surface area contributed by atoms with Crippen molar-refractivity contribution in [2.24, 2.45) is 0 Å². The quantitative estimate of drug-likeness (QED) is 0.736. The van der Waals surface area contributed by atoms with Crippen molar-refractivity contribution in [2.45, 2.75) is 45.8 Å². The fraction of sp³-hybridized carbons (Fsp3) is 0.333. The number of nitrogens with zero attached hydrogens (tertiary/aromatic N) is 1. The number of nitrogens with one attached hydrogen (secondary N) is 1. The summed E-state index contributed by atoms with van der Waals surface area (Å²) in [6, 6.07) is 13.9. The molecule has 144 valence electrons. The Hall–Kier alpha value is -2.04. The molecule has 0 radical (unpaired) electrons. The molecule has 1 N–H and O–H groups in total. The molecule has 0 saturated carbocycles. The lowest BCUT2D eigenvalue weighted by atomic mass is 10.1. The molecule has 0 aliphatic rings. The van der Waals surface area contributed by atoms with Crippen LogP contribution < -0.4 is 5.32 Å². The molecule has 1 atom stereocenters. The second-order valence-corrected chi connectivity index (χ2v) is 7.67. The Morgan fingerprint density at radius 3 is 2.07 bits per heavy atom. The van der Waals surface area contributed by atoms with Gasteiger partial charge < -0.3 is 10.2 Å². The van der Waals surface area contributed by atoms with Gasteiger partial charge in [-0.1, -0.05) is 47.5 Å². The summed E-state index contributed by atoms with van der Waals surface area (Å²) in [6.07, 6.45) is 0.167. The van der Waals surface area contributed by atoms with Crippen LogP contribution in [0.15, 0.2) is 48.5 Å². The molecule has 2 rings (SSSR count). The van der Waals surface area contributed by atoms with Crippen molar-refractivity contribution in [3.05, 3.63) is 69.7 Å². The molecular weight excluding hydrogens is 383 g/mol. The standard InChI is InChI=1S/C21H24Cl2N2O2/c1-14(2)24-21(27)15(3)25(13-17-7-5-9-19(23)11-17)20(26)12-16-6-4-8-18(22)10-16/h4-11,14-15H,12-13H2,1-3H3,(H,24,27). The van der Waals surface area contributed by atoms with E-state index < -0.39 is 6.04 Å². The van der Waals surface area contributed by atoms with Gasteiger partial charge in [-0.2, -0.15) is 0 Å². The highest BCUT2D eigenvalue weighted by atomic mass is 35.5. The lowest BCUT2D eigenvalue weighted by Crippen LogP contribution is -2.49. The number of carbonyl (C=O) groups excluding carboxylic acids is 2. The van der Waals surface area contributed by atoms with E-state index in [0.29, 0.717) is 16.6 Å². The van der Waals surface area contributed by atoms with Gasteiger partial charge in [-0.05, 0) is 56.2 Å². The molecule has 2 aromatic carbocycles. The second-order valence-electron chi connectivity index (χ2n) is 6.80. The summed E-state index contributed by atoms with van der Waals surface area (Å²) in [7, 11) is 0. The third-order valence-electron chi connectivity index (χ3n) is 4.08. The first kappa shape index (κ1) is 21.3. The van der Waals surface area contributed by atoms with Gasteiger partial charge in [-0.25, -0.2) is 0 Å². The number of rotatable bonds is 7. The van der Waals surface area contributed by atoms with E-state index in [1.165, 1.54) is 0 Å². The van der Waals surface area contributed by atoms with Crippen LogP contribution >= 0.6 is 23.2 Å². The first-order valence-corrected chi connectivity index (χ1v) is 9.60. The van der Waals surface area contributed by atoms with Crippen LogP contribution in [0.3, 0.4) is 0 Å². The lowest BCUT2D eigenvalue weighted by molar-refractivity contribution is -0.140. The van der Waals surface area contributed by atoms with Gasteiger partial charge in [0.2, 0.25) is 11.8 Å². The van der Waals surface area contributed by atoms with Crippen LogP contribution in [0.4, 0.5) is 0 Å². The average molecular weight is 407 g/mol. The smallest absolute Gasteiger partial charge is 0.242 e. The zero-order chi connectivity index (χ0) is 20.0. The monoisotopic (exact) mass is 406 g/mol. The van der Waals surface area contributed by atoms with Gasteiger partial charge in [0.05, 0.1) is 6.42 Å². The van der Waals surface area contributed by atoms with Crippen LogP contribution in [0.2, 0.25) is 10.0 Å². The maximum Gasteiger partial charge on any atom is 0.242 e. The van der Waals surface area contributed by atoms with Crippen molar-refractivity contribution in [2.75, 3.05) is 0 Å². The topological polar surface area (TPSA) is 49.4 Å². The minimum Gasteiger partial charge on any atom is -0.352 e. The van der Waals surface area contributed by atoms with E-state index in [4.69, 9.17) is 23.2 Å². The zero-order valence-corrected chi connectivity index (χ0v) is 17.2. The highest BCUT2D eigenvalue weighted by Crippen LogP contribution is 2.17. The summed E-state index contributed by atoms with van der Waals surface area (Å²) in [6.45, 7) is 5.81. The van der Waals surface area contributed by atoms with Crippen LogP contribution in [0.5, 0.6) is 0 Å². The number of carbonyl (C=O) groups is 2. The van der Waals surface area contributed by atoms with E-state index in [9.17, 15) is 9.59 Å². The maximum atomic E-state index is 13.0. The van der Waals surface area contributed by atoms with Crippen molar-refractivity contribution >= 4 is 35.0 Å². The minimum absolute atomic E-state index is 0.00370. The van der Waals surface area contributed by atoms with Gasteiger partial charge >= 0.3 is 0 Å². The molecular formula is C21H24Cl2N2O2. The van der Waals surface area contributed by atoms with Gasteiger partial charge in [0.15, 0.2) is 0 Å². The van der Waals surface area contributed by atoms with Crippen LogP contribution in [0.25, 0.3) is 0 Å². The average Bonchev–Trinajstić information content (AvgIpc) is 2.58. The van der Waals surface area contributed by atoms with E-state index in [-0.39, 0.29) is 24.3 Å². The van der Waals surface area contributed by atoms with Gasteiger partial charge in [-0.15, -0.1) is 0 Å². The number of hydrogen-bond acceptors (Lipinski definition) is 2. The molecule has 0 aliphatic carbocycles. The summed E-state index contributed by atoms with van der Waals surface area (Å²) in [5, 5.41) is 4.04. The zero-order valence-electron chi connectivity index (χ0n) is 15.7. The molecule has 2 amide bonds. The van der Waals surface area contributed by atoms with E-state index in [2.05, 4.69) is 5.32 Å². The van der Waals surface area contributed by atoms with Gasteiger partial charge in [0, 0.05) is 22.6 Å². The molecule has 2 aromatic rings. The molecule has 27 heavy (non-hydrogen) atoms. The molecule has 0 bridgehead atoms. The van der Waals surface area contributed by atoms with Crippen molar-refractivity contribution in [3.63, 3.8) is 0 Å². The largest absolute Gasteiger partial charge is 0.352 e. The first-order chi connectivity index (χ1) is 12.8. The van der Waals surface area contributed by atoms with Crippen LogP contribution in [-0.4, -0.2) is 28.8 Å². The van der Waals surface area contributed by atoms with Gasteiger partial charge in [0.25, 0.3) is 0 Å². The molecule has 0 spiro atoms. The molecule has 0 fully saturated rings. The summed E-state index contributed by atoms with van der Waals surface area (Å²) in [5.74, 6) is -0.338. The lowest BCUT2D eigenvalue weighted by Gasteiger charge is -2.29. The normalized spacial score (nSPS) is 11.9. The summed E-state index contributed by atoms with van der Waals surface area (Å²) >= 11 is 12.1. The molecule has 0 heterocycles. The van der Waals surface area contributed by atoms with Gasteiger partial charge in [-0.3, -0.25) is 9.59 Å². The Balaban J connectivity index is 2.24. The van der Waals surface area contributed by atoms with E-state index in [0.717, 1.165) is 11.1 Å². The van der Waals surface area contributed by atoms with Crippen LogP contribution in [-0.2, 0) is 22.6 Å². The number of benzene rings is 2. The van der Waals surface area contributed by atoms with Crippen LogP contribution in [0, 0.1) is 0 Å². The molecule has 0 aromatic heterocycles. The fourth-order valence-corrected chi connectivity index (χ4v) is 3.17. The second kappa shape index (κ2) is 9.77. The van der Waals surface area contributed by atoms with Crippen molar-refractivity contribution in [1.29, 1.82) is 0 Å². The highest BCUT2D eigenvalue weighted by molar-refractivity contribution is 6.30. The SMILES string of the molecule is CC(C)NC(=O)C(C)N(Cc1cccc(Cl)c1)C(=O)Cc1cccc(Cl)c1. The van der Waals surface area contributed by atoms with Crippen molar-refractivity contribution in [3.8, 4) is 0 Å². The Morgan fingerprint density at radius 2 is 1.52 bits per heavy atom. The highest BCUT2D eigenvalue weighted by Gasteiger charge is 2.26. The summed E-state index contributed by atoms with van der Waals surface area (Å²) in [4.78, 5) is 27.1. The minimum atomic E-state index is -0.613. The van der Waals surface area contributed by atoms with E-state index in [1.807, 2.05) is 32.0 Å². The summed E-state index contributed by atoms with van der Waals surface area (Å²) < 4.78 is 0. The number of halogens is 2. The Bertz CT molecular complexity index is 808. The third kappa shape index (κ3) is 6.56. The predicted octanol–water partition coefficient (Wildman–Crippen LogP) is 4.48. The molecule has 4 nitrogen and oxygen atoms in total. The van der Waals surface area contributed by atoms with Crippen molar-refractivity contribution < 1.29 is 9.59 Å². The predicted molar refractivity (Wildman–Crippen MR) is 110 cm³/mol. The van der Waals surface area contributed by atoms with E-state index >= 15 is 0 Å². The van der Waals surface area contributed by atoms with Gasteiger partial charge in [0.1, 0.15) is 6.04 Å². The Kier molecular flexibility index (Phi) is 7.69. The molecule has 0 aliphatic heterocycles. The summed E-state index contributed by atoms with van der Waals surface area (Å²) in [5.41, 5.74) is 1.67. The third-order valence-corrected chi connectivity index (χ3v) is 4.55. The molecule has 0 saturated heterocycles. The van der Waals surface area contributed by atoms with E-state index in [1.54, 1.807) is 42.2 Å². The molecule has 6 heteroatoms. The Labute approximate surface area is 170 Å². The Morgan fingerprint density at radius 1 is 0.963 bits per heavy atom. The van der Waals surface area contributed by atoms with Crippen molar-refractivity contribution in [1.82, 2.24) is 10.2 Å². The maximum absolute atomic E-state index is 13.0. The van der Waals surface area contributed by atoms with Crippen LogP contribution in [0.1, 0.15) is 31.9 Å². The fourth-order valence-electron chi connectivity index (χ4n) is 2.74.